The van der Waals surface area contributed by atoms with Crippen molar-refractivity contribution in [3.8, 4) is 0 Å². The molecule has 1 aromatic rings. The summed E-state index contributed by atoms with van der Waals surface area (Å²) in [5.74, 6) is 0.0341. The van der Waals surface area contributed by atoms with Crippen molar-refractivity contribution < 1.29 is 4.79 Å². The first kappa shape index (κ1) is 12.0. The predicted molar refractivity (Wildman–Crippen MR) is 66.8 cm³/mol. The van der Waals surface area contributed by atoms with Crippen molar-refractivity contribution in [1.82, 2.24) is 14.8 Å². The summed E-state index contributed by atoms with van der Waals surface area (Å²) in [6, 6.07) is 5.44. The van der Waals surface area contributed by atoms with E-state index in [9.17, 15) is 4.79 Å². The Labute approximate surface area is 102 Å². The van der Waals surface area contributed by atoms with Crippen LogP contribution in [0.15, 0.2) is 24.4 Å². The quantitative estimate of drug-likeness (QED) is 0.732. The fraction of sp³-hybridized carbons (Fsp3) is 0.538. The zero-order chi connectivity index (χ0) is 12.5. The molecule has 4 nitrogen and oxygen atoms in total. The van der Waals surface area contributed by atoms with Crippen molar-refractivity contribution in [2.75, 3.05) is 26.7 Å². The molecule has 4 heteroatoms. The summed E-state index contributed by atoms with van der Waals surface area (Å²) >= 11 is 0. The van der Waals surface area contributed by atoms with Gasteiger partial charge >= 0.3 is 0 Å². The van der Waals surface area contributed by atoms with E-state index in [1.807, 2.05) is 17.0 Å². The van der Waals surface area contributed by atoms with Crippen molar-refractivity contribution in [1.29, 1.82) is 0 Å². The SMILES string of the molecule is CN1CCN(C(=O)c2ccccn2)CC1(C)C. The summed E-state index contributed by atoms with van der Waals surface area (Å²) in [7, 11) is 2.10. The van der Waals surface area contributed by atoms with Gasteiger partial charge in [-0.2, -0.15) is 0 Å². The van der Waals surface area contributed by atoms with Gasteiger partial charge in [0.05, 0.1) is 0 Å². The Morgan fingerprint density at radius 1 is 1.35 bits per heavy atom. The van der Waals surface area contributed by atoms with Crippen molar-refractivity contribution in [2.45, 2.75) is 19.4 Å². The fourth-order valence-electron chi connectivity index (χ4n) is 2.06. The summed E-state index contributed by atoms with van der Waals surface area (Å²) < 4.78 is 0. The van der Waals surface area contributed by atoms with E-state index in [0.29, 0.717) is 5.69 Å². The number of carbonyl (C=O) groups is 1. The second-order valence-electron chi connectivity index (χ2n) is 5.18. The van der Waals surface area contributed by atoms with Crippen molar-refractivity contribution in [2.24, 2.45) is 0 Å². The van der Waals surface area contributed by atoms with Gasteiger partial charge in [-0.3, -0.25) is 14.7 Å². The van der Waals surface area contributed by atoms with Crippen LogP contribution in [0.25, 0.3) is 0 Å². The second kappa shape index (κ2) is 4.45. The minimum absolute atomic E-state index is 0.0304. The van der Waals surface area contributed by atoms with Crippen LogP contribution in [-0.4, -0.2) is 52.9 Å². The number of aromatic nitrogens is 1. The van der Waals surface area contributed by atoms with E-state index in [-0.39, 0.29) is 11.4 Å². The molecule has 0 saturated carbocycles. The molecule has 0 aliphatic carbocycles. The highest BCUT2D eigenvalue weighted by molar-refractivity contribution is 5.92. The van der Waals surface area contributed by atoms with E-state index in [0.717, 1.165) is 19.6 Å². The predicted octanol–water partition coefficient (Wildman–Crippen LogP) is 1.25. The zero-order valence-corrected chi connectivity index (χ0v) is 10.7. The minimum atomic E-state index is 0.0304. The molecule has 2 rings (SSSR count). The summed E-state index contributed by atoms with van der Waals surface area (Å²) in [6.07, 6.45) is 1.66. The molecule has 1 aliphatic heterocycles. The maximum atomic E-state index is 12.2. The topological polar surface area (TPSA) is 36.4 Å². The molecule has 0 aromatic carbocycles. The van der Waals surface area contributed by atoms with Crippen LogP contribution < -0.4 is 0 Å². The molecular weight excluding hydrogens is 214 g/mol. The summed E-state index contributed by atoms with van der Waals surface area (Å²) in [5.41, 5.74) is 0.565. The molecule has 92 valence electrons. The fourth-order valence-corrected chi connectivity index (χ4v) is 2.06. The Balaban J connectivity index is 2.12. The van der Waals surface area contributed by atoms with Gasteiger partial charge in [0.1, 0.15) is 5.69 Å². The lowest BCUT2D eigenvalue weighted by molar-refractivity contribution is 0.0307. The third-order valence-electron chi connectivity index (χ3n) is 3.49. The van der Waals surface area contributed by atoms with E-state index in [2.05, 4.69) is 30.8 Å². The third kappa shape index (κ3) is 2.47. The van der Waals surface area contributed by atoms with Gasteiger partial charge in [0.25, 0.3) is 5.91 Å². The largest absolute Gasteiger partial charge is 0.334 e. The average Bonchev–Trinajstić information content (AvgIpc) is 2.33. The molecule has 0 spiro atoms. The molecule has 1 aromatic heterocycles. The molecule has 0 atom stereocenters. The Bertz CT molecular complexity index is 402. The zero-order valence-electron chi connectivity index (χ0n) is 10.7. The van der Waals surface area contributed by atoms with Crippen molar-refractivity contribution >= 4 is 5.91 Å². The molecule has 0 radical (unpaired) electrons. The summed E-state index contributed by atoms with van der Waals surface area (Å²) in [5, 5.41) is 0. The van der Waals surface area contributed by atoms with Crippen LogP contribution in [0.1, 0.15) is 24.3 Å². The summed E-state index contributed by atoms with van der Waals surface area (Å²) in [4.78, 5) is 20.5. The molecule has 1 fully saturated rings. The van der Waals surface area contributed by atoms with Gasteiger partial charge in [0.2, 0.25) is 0 Å². The number of piperazine rings is 1. The Morgan fingerprint density at radius 2 is 2.12 bits per heavy atom. The highest BCUT2D eigenvalue weighted by atomic mass is 16.2. The van der Waals surface area contributed by atoms with Gasteiger partial charge in [0, 0.05) is 31.4 Å². The highest BCUT2D eigenvalue weighted by Crippen LogP contribution is 2.19. The maximum Gasteiger partial charge on any atom is 0.272 e. The van der Waals surface area contributed by atoms with Crippen LogP contribution in [0.4, 0.5) is 0 Å². The maximum absolute atomic E-state index is 12.2. The first-order valence-electron chi connectivity index (χ1n) is 5.92. The van der Waals surface area contributed by atoms with Crippen molar-refractivity contribution in [3.63, 3.8) is 0 Å². The number of hydrogen-bond donors (Lipinski definition) is 0. The van der Waals surface area contributed by atoms with Crippen LogP contribution >= 0.6 is 0 Å². The molecule has 1 aliphatic rings. The molecule has 0 bridgehead atoms. The smallest absolute Gasteiger partial charge is 0.272 e. The molecule has 2 heterocycles. The highest BCUT2D eigenvalue weighted by Gasteiger charge is 2.33. The van der Waals surface area contributed by atoms with Crippen LogP contribution in [0.2, 0.25) is 0 Å². The van der Waals surface area contributed by atoms with Crippen LogP contribution in [-0.2, 0) is 0 Å². The number of nitrogens with zero attached hydrogens (tertiary/aromatic N) is 3. The first-order valence-corrected chi connectivity index (χ1v) is 5.92. The lowest BCUT2D eigenvalue weighted by atomic mass is 9.99. The number of rotatable bonds is 1. The van der Waals surface area contributed by atoms with E-state index >= 15 is 0 Å². The van der Waals surface area contributed by atoms with Crippen LogP contribution in [0, 0.1) is 0 Å². The first-order chi connectivity index (χ1) is 8.00. The van der Waals surface area contributed by atoms with Crippen LogP contribution in [0.5, 0.6) is 0 Å². The Morgan fingerprint density at radius 3 is 2.71 bits per heavy atom. The number of pyridine rings is 1. The second-order valence-corrected chi connectivity index (χ2v) is 5.18. The number of hydrogen-bond acceptors (Lipinski definition) is 3. The monoisotopic (exact) mass is 233 g/mol. The van der Waals surface area contributed by atoms with Gasteiger partial charge in [0.15, 0.2) is 0 Å². The van der Waals surface area contributed by atoms with E-state index in [1.54, 1.807) is 12.3 Å². The third-order valence-corrected chi connectivity index (χ3v) is 3.49. The Kier molecular flexibility index (Phi) is 3.15. The molecule has 17 heavy (non-hydrogen) atoms. The number of carbonyl (C=O) groups excluding carboxylic acids is 1. The lowest BCUT2D eigenvalue weighted by Crippen LogP contribution is -2.58. The average molecular weight is 233 g/mol. The van der Waals surface area contributed by atoms with Crippen LogP contribution in [0.3, 0.4) is 0 Å². The summed E-state index contributed by atoms with van der Waals surface area (Å²) in [6.45, 7) is 6.75. The molecular formula is C13H19N3O. The minimum Gasteiger partial charge on any atom is -0.334 e. The lowest BCUT2D eigenvalue weighted by Gasteiger charge is -2.45. The van der Waals surface area contributed by atoms with E-state index in [4.69, 9.17) is 0 Å². The van der Waals surface area contributed by atoms with Gasteiger partial charge < -0.3 is 4.90 Å². The van der Waals surface area contributed by atoms with Gasteiger partial charge in [-0.15, -0.1) is 0 Å². The standard InChI is InChI=1S/C13H19N3O/c1-13(2)10-16(9-8-15(13)3)12(17)11-6-4-5-7-14-11/h4-7H,8-10H2,1-3H3. The Hall–Kier alpha value is -1.42. The normalized spacial score (nSPS) is 20.3. The van der Waals surface area contributed by atoms with Crippen molar-refractivity contribution in [3.05, 3.63) is 30.1 Å². The van der Waals surface area contributed by atoms with Gasteiger partial charge in [-0.25, -0.2) is 0 Å². The van der Waals surface area contributed by atoms with Gasteiger partial charge in [-0.05, 0) is 33.0 Å². The number of likely N-dealkylation sites (N-methyl/N-ethyl adjacent to an activating group) is 1. The number of amides is 1. The van der Waals surface area contributed by atoms with E-state index < -0.39 is 0 Å². The van der Waals surface area contributed by atoms with Gasteiger partial charge in [-0.1, -0.05) is 6.07 Å². The molecule has 1 saturated heterocycles. The molecule has 0 unspecified atom stereocenters. The molecule has 1 amide bonds. The van der Waals surface area contributed by atoms with E-state index in [1.165, 1.54) is 0 Å². The molecule has 0 N–H and O–H groups in total.